The number of ketones is 1. The van der Waals surface area contributed by atoms with Crippen LogP contribution < -0.4 is 5.73 Å². The number of carbonyl (C=O) groups excluding carboxylic acids is 1. The third-order valence-corrected chi connectivity index (χ3v) is 3.96. The number of pyridine rings is 1. The van der Waals surface area contributed by atoms with Gasteiger partial charge in [-0.3, -0.25) is 9.78 Å². The van der Waals surface area contributed by atoms with Gasteiger partial charge in [0.2, 0.25) is 0 Å². The SMILES string of the molecule is COC(C(=O)Cc1cnccc1N)C1CCCCC1. The highest BCUT2D eigenvalue weighted by Gasteiger charge is 2.29. The fourth-order valence-corrected chi connectivity index (χ4v) is 2.90. The maximum absolute atomic E-state index is 12.4. The van der Waals surface area contributed by atoms with Gasteiger partial charge in [-0.25, -0.2) is 0 Å². The molecule has 1 fully saturated rings. The Bertz CT molecular complexity index is 428. The second-order valence-electron chi connectivity index (χ2n) is 5.27. The zero-order valence-electron chi connectivity index (χ0n) is 11.5. The summed E-state index contributed by atoms with van der Waals surface area (Å²) in [6.45, 7) is 0. The number of nitrogen functional groups attached to an aromatic ring is 1. The molecule has 1 atom stereocenters. The molecular weight excluding hydrogens is 240 g/mol. The molecule has 1 heterocycles. The lowest BCUT2D eigenvalue weighted by molar-refractivity contribution is -0.132. The van der Waals surface area contributed by atoms with E-state index < -0.39 is 0 Å². The van der Waals surface area contributed by atoms with E-state index in [9.17, 15) is 4.79 Å². The number of carbonyl (C=O) groups is 1. The molecule has 0 amide bonds. The molecule has 19 heavy (non-hydrogen) atoms. The van der Waals surface area contributed by atoms with Crippen LogP contribution in [0.1, 0.15) is 37.7 Å². The summed E-state index contributed by atoms with van der Waals surface area (Å²) in [6, 6.07) is 1.73. The van der Waals surface area contributed by atoms with Gasteiger partial charge >= 0.3 is 0 Å². The van der Waals surface area contributed by atoms with Crippen molar-refractivity contribution in [3.63, 3.8) is 0 Å². The van der Waals surface area contributed by atoms with E-state index in [2.05, 4.69) is 4.98 Å². The predicted octanol–water partition coefficient (Wildman–Crippen LogP) is 2.37. The molecule has 4 heteroatoms. The molecule has 1 unspecified atom stereocenters. The molecule has 104 valence electrons. The Morgan fingerprint density at radius 3 is 2.84 bits per heavy atom. The molecule has 1 aromatic heterocycles. The van der Waals surface area contributed by atoms with E-state index >= 15 is 0 Å². The molecule has 2 rings (SSSR count). The molecular formula is C15H22N2O2. The Morgan fingerprint density at radius 2 is 2.21 bits per heavy atom. The molecule has 2 N–H and O–H groups in total. The van der Waals surface area contributed by atoms with Crippen LogP contribution in [0.5, 0.6) is 0 Å². The molecule has 0 saturated heterocycles. The Kier molecular flexibility index (Phi) is 4.91. The van der Waals surface area contributed by atoms with Crippen LogP contribution in [0.4, 0.5) is 5.69 Å². The summed E-state index contributed by atoms with van der Waals surface area (Å²) < 4.78 is 5.45. The van der Waals surface area contributed by atoms with Gasteiger partial charge in [-0.1, -0.05) is 19.3 Å². The lowest BCUT2D eigenvalue weighted by Gasteiger charge is -2.28. The maximum atomic E-state index is 12.4. The van der Waals surface area contributed by atoms with Gasteiger partial charge in [0, 0.05) is 37.2 Å². The number of rotatable bonds is 5. The van der Waals surface area contributed by atoms with Crippen molar-refractivity contribution in [3.05, 3.63) is 24.0 Å². The number of methoxy groups -OCH3 is 1. The van der Waals surface area contributed by atoms with Crippen LogP contribution in [0.15, 0.2) is 18.5 Å². The average molecular weight is 262 g/mol. The first-order valence-corrected chi connectivity index (χ1v) is 6.96. The van der Waals surface area contributed by atoms with Crippen LogP contribution in [0.25, 0.3) is 0 Å². The van der Waals surface area contributed by atoms with Gasteiger partial charge in [0.25, 0.3) is 0 Å². The van der Waals surface area contributed by atoms with E-state index in [1.165, 1.54) is 19.3 Å². The summed E-state index contributed by atoms with van der Waals surface area (Å²) >= 11 is 0. The van der Waals surface area contributed by atoms with Gasteiger partial charge < -0.3 is 10.5 Å². The Balaban J connectivity index is 2.02. The normalized spacial score (nSPS) is 18.2. The molecule has 0 aromatic carbocycles. The fraction of sp³-hybridized carbons (Fsp3) is 0.600. The second kappa shape index (κ2) is 6.66. The zero-order valence-corrected chi connectivity index (χ0v) is 11.5. The molecule has 0 aliphatic heterocycles. The van der Waals surface area contributed by atoms with Crippen molar-refractivity contribution in [1.82, 2.24) is 4.98 Å². The van der Waals surface area contributed by atoms with Crippen LogP contribution >= 0.6 is 0 Å². The first-order chi connectivity index (χ1) is 9.22. The highest BCUT2D eigenvalue weighted by atomic mass is 16.5. The first-order valence-electron chi connectivity index (χ1n) is 6.96. The fourth-order valence-electron chi connectivity index (χ4n) is 2.90. The van der Waals surface area contributed by atoms with Crippen LogP contribution in [0.3, 0.4) is 0 Å². The smallest absolute Gasteiger partial charge is 0.166 e. The third-order valence-electron chi connectivity index (χ3n) is 3.96. The Labute approximate surface area is 114 Å². The van der Waals surface area contributed by atoms with Gasteiger partial charge in [-0.15, -0.1) is 0 Å². The molecule has 0 bridgehead atoms. The highest BCUT2D eigenvalue weighted by molar-refractivity contribution is 5.86. The van der Waals surface area contributed by atoms with Crippen LogP contribution in [-0.4, -0.2) is 24.0 Å². The molecule has 1 aliphatic rings. The number of Topliss-reactive ketones (excluding diaryl/α,β-unsaturated/α-hetero) is 1. The van der Waals surface area contributed by atoms with E-state index in [1.54, 1.807) is 25.6 Å². The third kappa shape index (κ3) is 3.53. The van der Waals surface area contributed by atoms with Crippen molar-refractivity contribution in [1.29, 1.82) is 0 Å². The number of aromatic nitrogens is 1. The minimum absolute atomic E-state index is 0.120. The number of hydrogen-bond donors (Lipinski definition) is 1. The van der Waals surface area contributed by atoms with E-state index in [1.807, 2.05) is 0 Å². The Hall–Kier alpha value is -1.42. The minimum atomic E-state index is -0.292. The summed E-state index contributed by atoms with van der Waals surface area (Å²) in [7, 11) is 1.63. The predicted molar refractivity (Wildman–Crippen MR) is 74.7 cm³/mol. The molecule has 1 aromatic rings. The monoisotopic (exact) mass is 262 g/mol. The Morgan fingerprint density at radius 1 is 1.47 bits per heavy atom. The van der Waals surface area contributed by atoms with Crippen molar-refractivity contribution >= 4 is 11.5 Å². The molecule has 4 nitrogen and oxygen atoms in total. The molecule has 0 radical (unpaired) electrons. The topological polar surface area (TPSA) is 65.2 Å². The van der Waals surface area contributed by atoms with E-state index in [0.717, 1.165) is 18.4 Å². The number of anilines is 1. The maximum Gasteiger partial charge on any atom is 0.166 e. The second-order valence-corrected chi connectivity index (χ2v) is 5.27. The van der Waals surface area contributed by atoms with Crippen LogP contribution in [0.2, 0.25) is 0 Å². The van der Waals surface area contributed by atoms with Crippen molar-refractivity contribution < 1.29 is 9.53 Å². The van der Waals surface area contributed by atoms with E-state index in [-0.39, 0.29) is 11.9 Å². The largest absolute Gasteiger partial charge is 0.398 e. The van der Waals surface area contributed by atoms with Gasteiger partial charge in [0.1, 0.15) is 6.10 Å². The van der Waals surface area contributed by atoms with Gasteiger partial charge in [-0.05, 0) is 24.8 Å². The number of nitrogens with zero attached hydrogens (tertiary/aromatic N) is 1. The van der Waals surface area contributed by atoms with Crippen molar-refractivity contribution in [2.75, 3.05) is 12.8 Å². The average Bonchev–Trinajstić information content (AvgIpc) is 2.43. The highest BCUT2D eigenvalue weighted by Crippen LogP contribution is 2.29. The standard InChI is InChI=1S/C15H22N2O2/c1-19-15(11-5-3-2-4-6-11)14(18)9-12-10-17-8-7-13(12)16/h7-8,10-11,15H,2-6,9H2,1H3,(H2,16,17). The summed E-state index contributed by atoms with van der Waals surface area (Å²) in [6.07, 6.45) is 9.18. The van der Waals surface area contributed by atoms with E-state index in [4.69, 9.17) is 10.5 Å². The minimum Gasteiger partial charge on any atom is -0.398 e. The lowest BCUT2D eigenvalue weighted by atomic mass is 9.82. The number of hydrogen-bond acceptors (Lipinski definition) is 4. The van der Waals surface area contributed by atoms with Gasteiger partial charge in [0.15, 0.2) is 5.78 Å². The summed E-state index contributed by atoms with van der Waals surface area (Å²) in [5, 5.41) is 0. The van der Waals surface area contributed by atoms with Crippen molar-refractivity contribution in [2.45, 2.75) is 44.6 Å². The first kappa shape index (κ1) is 14.0. The van der Waals surface area contributed by atoms with Crippen molar-refractivity contribution in [2.24, 2.45) is 5.92 Å². The molecule has 0 spiro atoms. The summed E-state index contributed by atoms with van der Waals surface area (Å²) in [5.41, 5.74) is 7.28. The van der Waals surface area contributed by atoms with Crippen molar-refractivity contribution in [3.8, 4) is 0 Å². The summed E-state index contributed by atoms with van der Waals surface area (Å²) in [4.78, 5) is 16.4. The molecule has 1 aliphatic carbocycles. The van der Waals surface area contributed by atoms with E-state index in [0.29, 0.717) is 18.0 Å². The lowest BCUT2D eigenvalue weighted by Crippen LogP contribution is -2.34. The number of ether oxygens (including phenoxy) is 1. The zero-order chi connectivity index (χ0) is 13.7. The summed E-state index contributed by atoms with van der Waals surface area (Å²) in [5.74, 6) is 0.484. The van der Waals surface area contributed by atoms with Gasteiger partial charge in [-0.2, -0.15) is 0 Å². The molecule has 1 saturated carbocycles. The van der Waals surface area contributed by atoms with Crippen LogP contribution in [0, 0.1) is 5.92 Å². The number of nitrogens with two attached hydrogens (primary N) is 1. The van der Waals surface area contributed by atoms with Crippen LogP contribution in [-0.2, 0) is 16.0 Å². The van der Waals surface area contributed by atoms with Gasteiger partial charge in [0.05, 0.1) is 0 Å². The quantitative estimate of drug-likeness (QED) is 0.884.